The highest BCUT2D eigenvalue weighted by Gasteiger charge is 2.38. The van der Waals surface area contributed by atoms with Gasteiger partial charge in [-0.2, -0.15) is 22.0 Å². The second kappa shape index (κ2) is 13.3. The fourth-order valence-electron chi connectivity index (χ4n) is 3.58. The van der Waals surface area contributed by atoms with Gasteiger partial charge in [0.05, 0.1) is 13.2 Å². The van der Waals surface area contributed by atoms with Crippen molar-refractivity contribution in [2.24, 2.45) is 0 Å². The molecule has 0 aromatic heterocycles. The van der Waals surface area contributed by atoms with Crippen molar-refractivity contribution in [3.8, 4) is 11.5 Å². The zero-order chi connectivity index (χ0) is 30.2. The van der Waals surface area contributed by atoms with Gasteiger partial charge in [-0.3, -0.25) is 0 Å². The summed E-state index contributed by atoms with van der Waals surface area (Å²) in [5, 5.41) is 0. The Morgan fingerprint density at radius 1 is 0.951 bits per heavy atom. The molecule has 41 heavy (non-hydrogen) atoms. The van der Waals surface area contributed by atoms with Crippen molar-refractivity contribution in [2.75, 3.05) is 24.7 Å². The van der Waals surface area contributed by atoms with E-state index in [1.54, 1.807) is 18.2 Å². The number of esters is 1. The first-order valence-electron chi connectivity index (χ1n) is 12.2. The monoisotopic (exact) mass is 581 g/mol. The summed E-state index contributed by atoms with van der Waals surface area (Å²) in [5.74, 6) is -2.93. The summed E-state index contributed by atoms with van der Waals surface area (Å²) < 4.78 is 95.0. The van der Waals surface area contributed by atoms with Crippen LogP contribution in [0.3, 0.4) is 0 Å². The molecule has 0 saturated carbocycles. The number of hydrogen-bond donors (Lipinski definition) is 2. The SMILES string of the molecule is [CH2]C(COC(=O)/C=C/c1ccc(OC(F)(F)c2ccc(OCCCC(F)(F)F)cc2F)cc1)c1ccc(N)cc1N. The Balaban J connectivity index is 1.52. The molecule has 1 unspecified atom stereocenters. The first-order valence-corrected chi connectivity index (χ1v) is 12.2. The zero-order valence-electron chi connectivity index (χ0n) is 21.6. The van der Waals surface area contributed by atoms with Gasteiger partial charge in [-0.05, 0) is 66.9 Å². The van der Waals surface area contributed by atoms with Gasteiger partial charge in [-0.15, -0.1) is 0 Å². The summed E-state index contributed by atoms with van der Waals surface area (Å²) in [4.78, 5) is 12.1. The lowest BCUT2D eigenvalue weighted by Crippen LogP contribution is -2.23. The number of hydrogen-bond acceptors (Lipinski definition) is 6. The fraction of sp³-hybridized carbons (Fsp3) is 0.241. The average Bonchev–Trinajstić information content (AvgIpc) is 2.88. The Bertz CT molecular complexity index is 1360. The van der Waals surface area contributed by atoms with Gasteiger partial charge in [0.25, 0.3) is 0 Å². The first-order chi connectivity index (χ1) is 19.2. The number of anilines is 2. The molecule has 0 fully saturated rings. The molecule has 0 aliphatic carbocycles. The second-order valence-corrected chi connectivity index (χ2v) is 8.95. The molecule has 219 valence electrons. The zero-order valence-corrected chi connectivity index (χ0v) is 21.6. The highest BCUT2D eigenvalue weighted by Crippen LogP contribution is 2.35. The van der Waals surface area contributed by atoms with Crippen molar-refractivity contribution in [1.82, 2.24) is 0 Å². The number of rotatable bonds is 12. The normalized spacial score (nSPS) is 12.8. The van der Waals surface area contributed by atoms with Gasteiger partial charge in [0.2, 0.25) is 0 Å². The van der Waals surface area contributed by atoms with Gasteiger partial charge in [-0.25, -0.2) is 9.18 Å². The third-order valence-corrected chi connectivity index (χ3v) is 5.64. The van der Waals surface area contributed by atoms with Gasteiger partial charge < -0.3 is 25.7 Å². The quantitative estimate of drug-likeness (QED) is 0.0785. The Kier molecular flexibility index (Phi) is 10.1. The lowest BCUT2D eigenvalue weighted by atomic mass is 10.00. The van der Waals surface area contributed by atoms with Gasteiger partial charge in [-0.1, -0.05) is 18.2 Å². The largest absolute Gasteiger partial charge is 0.493 e. The predicted octanol–water partition coefficient (Wildman–Crippen LogP) is 7.01. The molecule has 0 aliphatic rings. The van der Waals surface area contributed by atoms with E-state index in [0.717, 1.165) is 18.2 Å². The number of halogens is 6. The number of alkyl halides is 5. The van der Waals surface area contributed by atoms with Crippen LogP contribution in [0, 0.1) is 12.7 Å². The van der Waals surface area contributed by atoms with E-state index >= 15 is 0 Å². The van der Waals surface area contributed by atoms with E-state index in [1.807, 2.05) is 0 Å². The predicted molar refractivity (Wildman–Crippen MR) is 142 cm³/mol. The standard InChI is InChI=1S/C29H27F6N2O4/c1-18(23-10-6-20(36)15-26(23)37)17-40-27(38)12-5-19-3-7-21(8-4-19)41-29(34,35)24-11-9-22(16-25(24)30)39-14-2-13-28(31,32)33/h3-12,15-16,18H,1-2,13-14,17,36-37H2/b12-5+. The van der Waals surface area contributed by atoms with E-state index in [-0.39, 0.29) is 31.1 Å². The Hall–Kier alpha value is -4.35. The number of carbonyl (C=O) groups is 1. The summed E-state index contributed by atoms with van der Waals surface area (Å²) in [5.41, 5.74) is 12.5. The van der Waals surface area contributed by atoms with E-state index in [9.17, 15) is 31.1 Å². The van der Waals surface area contributed by atoms with Crippen LogP contribution in [0.5, 0.6) is 11.5 Å². The number of nitrogen functional groups attached to an aromatic ring is 2. The summed E-state index contributed by atoms with van der Waals surface area (Å²) in [6.45, 7) is 3.52. The van der Waals surface area contributed by atoms with Crippen LogP contribution >= 0.6 is 0 Å². The summed E-state index contributed by atoms with van der Waals surface area (Å²) in [6, 6.07) is 12.5. The molecule has 6 nitrogen and oxygen atoms in total. The number of ether oxygens (including phenoxy) is 3. The lowest BCUT2D eigenvalue weighted by Gasteiger charge is -2.19. The lowest BCUT2D eigenvalue weighted by molar-refractivity contribution is -0.187. The molecule has 1 radical (unpaired) electrons. The molecule has 0 heterocycles. The van der Waals surface area contributed by atoms with Crippen molar-refractivity contribution in [1.29, 1.82) is 0 Å². The van der Waals surface area contributed by atoms with Crippen LogP contribution in [-0.4, -0.2) is 25.4 Å². The molecule has 4 N–H and O–H groups in total. The molecule has 12 heteroatoms. The molecule has 3 aromatic rings. The maximum absolute atomic E-state index is 14.6. The molecular formula is C29H27F6N2O4. The fourth-order valence-corrected chi connectivity index (χ4v) is 3.58. The van der Waals surface area contributed by atoms with Gasteiger partial charge in [0.1, 0.15) is 22.9 Å². The summed E-state index contributed by atoms with van der Waals surface area (Å²) >= 11 is 0. The highest BCUT2D eigenvalue weighted by atomic mass is 19.4. The Morgan fingerprint density at radius 2 is 1.63 bits per heavy atom. The number of carbonyl (C=O) groups excluding carboxylic acids is 1. The van der Waals surface area contributed by atoms with E-state index < -0.39 is 42.0 Å². The van der Waals surface area contributed by atoms with Crippen molar-refractivity contribution < 1.29 is 45.3 Å². The number of nitrogens with two attached hydrogens (primary N) is 2. The molecular weight excluding hydrogens is 554 g/mol. The molecule has 3 rings (SSSR count). The third kappa shape index (κ3) is 9.66. The van der Waals surface area contributed by atoms with Crippen LogP contribution in [0.2, 0.25) is 0 Å². The molecule has 0 amide bonds. The highest BCUT2D eigenvalue weighted by molar-refractivity contribution is 5.87. The Labute approximate surface area is 232 Å². The van der Waals surface area contributed by atoms with Crippen molar-refractivity contribution in [3.63, 3.8) is 0 Å². The topological polar surface area (TPSA) is 96.8 Å². The Morgan fingerprint density at radius 3 is 2.27 bits per heavy atom. The molecule has 0 spiro atoms. The molecule has 0 saturated heterocycles. The van der Waals surface area contributed by atoms with E-state index in [4.69, 9.17) is 20.9 Å². The number of benzene rings is 3. The van der Waals surface area contributed by atoms with Crippen LogP contribution in [0.25, 0.3) is 6.08 Å². The maximum atomic E-state index is 14.6. The minimum atomic E-state index is -4.36. The second-order valence-electron chi connectivity index (χ2n) is 8.95. The summed E-state index contributed by atoms with van der Waals surface area (Å²) in [6.07, 6.45) is -7.34. The smallest absolute Gasteiger partial charge is 0.429 e. The molecule has 3 aromatic carbocycles. The van der Waals surface area contributed by atoms with Crippen LogP contribution in [0.15, 0.2) is 66.7 Å². The maximum Gasteiger partial charge on any atom is 0.429 e. The average molecular weight is 582 g/mol. The van der Waals surface area contributed by atoms with Crippen LogP contribution < -0.4 is 20.9 Å². The first kappa shape index (κ1) is 31.2. The van der Waals surface area contributed by atoms with Crippen molar-refractivity contribution in [3.05, 3.63) is 96.2 Å². The van der Waals surface area contributed by atoms with E-state index in [2.05, 4.69) is 11.7 Å². The van der Waals surface area contributed by atoms with E-state index in [1.165, 1.54) is 30.3 Å². The molecule has 1 atom stereocenters. The van der Waals surface area contributed by atoms with Crippen LogP contribution in [-0.2, 0) is 15.6 Å². The van der Waals surface area contributed by atoms with Crippen LogP contribution in [0.1, 0.15) is 35.4 Å². The van der Waals surface area contributed by atoms with Crippen molar-refractivity contribution >= 4 is 23.4 Å². The van der Waals surface area contributed by atoms with Crippen molar-refractivity contribution in [2.45, 2.75) is 31.0 Å². The van der Waals surface area contributed by atoms with Gasteiger partial charge in [0, 0.05) is 35.9 Å². The third-order valence-electron chi connectivity index (χ3n) is 5.64. The van der Waals surface area contributed by atoms with Gasteiger partial charge >= 0.3 is 18.3 Å². The van der Waals surface area contributed by atoms with E-state index in [0.29, 0.717) is 28.6 Å². The minimum absolute atomic E-state index is 0.0408. The molecule has 0 aliphatic heterocycles. The van der Waals surface area contributed by atoms with Crippen LogP contribution in [0.4, 0.5) is 37.7 Å². The molecule has 0 bridgehead atoms. The minimum Gasteiger partial charge on any atom is -0.493 e. The summed E-state index contributed by atoms with van der Waals surface area (Å²) in [7, 11) is 0. The van der Waals surface area contributed by atoms with Gasteiger partial charge in [0.15, 0.2) is 0 Å².